The van der Waals surface area contributed by atoms with Crippen LogP contribution in [-0.4, -0.2) is 51.2 Å². The quantitative estimate of drug-likeness (QED) is 0.387. The molecule has 0 aliphatic carbocycles. The van der Waals surface area contributed by atoms with Gasteiger partial charge in [-0.05, 0) is 30.5 Å². The van der Waals surface area contributed by atoms with E-state index >= 15 is 0 Å². The molecule has 6 nitrogen and oxygen atoms in total. The van der Waals surface area contributed by atoms with E-state index in [0.29, 0.717) is 37.4 Å². The molecule has 27 heavy (non-hydrogen) atoms. The van der Waals surface area contributed by atoms with Gasteiger partial charge in [-0.15, -0.1) is 0 Å². The van der Waals surface area contributed by atoms with Crippen LogP contribution >= 0.6 is 0 Å². The largest absolute Gasteiger partial charge is 0.493 e. The number of hydrogen-bond donors (Lipinski definition) is 0. The predicted molar refractivity (Wildman–Crippen MR) is 105 cm³/mol. The van der Waals surface area contributed by atoms with E-state index < -0.39 is 0 Å². The Bertz CT molecular complexity index is 588. The van der Waals surface area contributed by atoms with Crippen molar-refractivity contribution in [3.63, 3.8) is 0 Å². The first-order valence-corrected chi connectivity index (χ1v) is 9.61. The number of rotatable bonds is 13. The molecular formula is C21H33NO5. The Kier molecular flexibility index (Phi) is 11.0. The van der Waals surface area contributed by atoms with Crippen molar-refractivity contribution in [1.82, 2.24) is 4.90 Å². The van der Waals surface area contributed by atoms with E-state index in [1.54, 1.807) is 19.1 Å². The van der Waals surface area contributed by atoms with Crippen LogP contribution in [0.5, 0.6) is 11.5 Å². The van der Waals surface area contributed by atoms with Crippen LogP contribution in [0.4, 0.5) is 0 Å². The number of unbranched alkanes of at least 4 members (excludes halogenated alkanes) is 3. The first kappa shape index (κ1) is 22.8. The van der Waals surface area contributed by atoms with Crippen molar-refractivity contribution >= 4 is 11.9 Å². The van der Waals surface area contributed by atoms with Gasteiger partial charge in [0.25, 0.3) is 0 Å². The van der Waals surface area contributed by atoms with Gasteiger partial charge in [0.15, 0.2) is 11.5 Å². The number of benzene rings is 1. The highest BCUT2D eigenvalue weighted by molar-refractivity contribution is 5.77. The highest BCUT2D eigenvalue weighted by Crippen LogP contribution is 2.28. The second kappa shape index (κ2) is 13.0. The Hall–Kier alpha value is -2.24. The summed E-state index contributed by atoms with van der Waals surface area (Å²) in [5.74, 6) is 1.10. The topological polar surface area (TPSA) is 65.1 Å². The number of carbonyl (C=O) groups excluding carboxylic acids is 2. The molecule has 0 aromatic heterocycles. The summed E-state index contributed by atoms with van der Waals surface area (Å²) >= 11 is 0. The van der Waals surface area contributed by atoms with Gasteiger partial charge in [-0.1, -0.05) is 32.3 Å². The molecule has 0 aliphatic heterocycles. The van der Waals surface area contributed by atoms with Gasteiger partial charge in [0.05, 0.1) is 27.8 Å². The fourth-order valence-electron chi connectivity index (χ4n) is 2.86. The summed E-state index contributed by atoms with van der Waals surface area (Å²) in [5.41, 5.74) is 1.01. The minimum Gasteiger partial charge on any atom is -0.493 e. The lowest BCUT2D eigenvalue weighted by Gasteiger charge is -2.22. The van der Waals surface area contributed by atoms with Gasteiger partial charge in [-0.25, -0.2) is 0 Å². The van der Waals surface area contributed by atoms with E-state index in [1.807, 2.05) is 18.2 Å². The highest BCUT2D eigenvalue weighted by atomic mass is 16.5. The molecular weight excluding hydrogens is 346 g/mol. The zero-order valence-corrected chi connectivity index (χ0v) is 17.1. The van der Waals surface area contributed by atoms with Gasteiger partial charge in [0.2, 0.25) is 5.91 Å². The fourth-order valence-corrected chi connectivity index (χ4v) is 2.86. The predicted octanol–water partition coefficient (Wildman–Crippen LogP) is 3.61. The smallest absolute Gasteiger partial charge is 0.307 e. The monoisotopic (exact) mass is 379 g/mol. The van der Waals surface area contributed by atoms with Crippen LogP contribution in [0.25, 0.3) is 0 Å². The summed E-state index contributed by atoms with van der Waals surface area (Å²) in [5, 5.41) is 0. The van der Waals surface area contributed by atoms with E-state index in [0.717, 1.165) is 31.2 Å². The molecule has 0 radical (unpaired) electrons. The van der Waals surface area contributed by atoms with Crippen LogP contribution < -0.4 is 9.47 Å². The lowest BCUT2D eigenvalue weighted by molar-refractivity contribution is -0.141. The van der Waals surface area contributed by atoms with Crippen molar-refractivity contribution in [3.8, 4) is 11.5 Å². The van der Waals surface area contributed by atoms with Crippen molar-refractivity contribution in [1.29, 1.82) is 0 Å². The zero-order chi connectivity index (χ0) is 20.1. The fraction of sp³-hybridized carbons (Fsp3) is 0.619. The molecule has 0 N–H and O–H groups in total. The molecule has 1 rings (SSSR count). The number of methoxy groups -OCH3 is 3. The van der Waals surface area contributed by atoms with E-state index in [9.17, 15) is 9.59 Å². The van der Waals surface area contributed by atoms with Crippen molar-refractivity contribution in [2.45, 2.75) is 51.9 Å². The summed E-state index contributed by atoms with van der Waals surface area (Å²) < 4.78 is 15.3. The molecule has 0 unspecified atom stereocenters. The first-order chi connectivity index (χ1) is 13.0. The van der Waals surface area contributed by atoms with E-state index in [2.05, 4.69) is 6.92 Å². The third-order valence-electron chi connectivity index (χ3n) is 4.52. The van der Waals surface area contributed by atoms with E-state index in [-0.39, 0.29) is 18.3 Å². The van der Waals surface area contributed by atoms with Gasteiger partial charge in [0, 0.05) is 19.5 Å². The SMILES string of the molecule is CCCCCCN(CCC(=O)OC)C(=O)CCc1ccc(OC)c(OC)c1. The summed E-state index contributed by atoms with van der Waals surface area (Å²) in [6, 6.07) is 5.68. The summed E-state index contributed by atoms with van der Waals surface area (Å²) in [6.45, 7) is 3.24. The van der Waals surface area contributed by atoms with E-state index in [1.165, 1.54) is 7.11 Å². The minimum absolute atomic E-state index is 0.0604. The van der Waals surface area contributed by atoms with Gasteiger partial charge >= 0.3 is 5.97 Å². The molecule has 152 valence electrons. The number of carbonyl (C=O) groups is 2. The lowest BCUT2D eigenvalue weighted by Crippen LogP contribution is -2.34. The third-order valence-corrected chi connectivity index (χ3v) is 4.52. The maximum absolute atomic E-state index is 12.7. The van der Waals surface area contributed by atoms with Gasteiger partial charge in [-0.3, -0.25) is 9.59 Å². The average Bonchev–Trinajstić information content (AvgIpc) is 2.70. The maximum Gasteiger partial charge on any atom is 0.307 e. The second-order valence-electron chi connectivity index (χ2n) is 6.46. The molecule has 0 spiro atoms. The van der Waals surface area contributed by atoms with Crippen LogP contribution in [0.2, 0.25) is 0 Å². The molecule has 0 atom stereocenters. The Morgan fingerprint density at radius 3 is 2.30 bits per heavy atom. The number of hydrogen-bond acceptors (Lipinski definition) is 5. The first-order valence-electron chi connectivity index (χ1n) is 9.61. The maximum atomic E-state index is 12.7. The molecule has 0 saturated heterocycles. The molecule has 6 heteroatoms. The Morgan fingerprint density at radius 1 is 0.926 bits per heavy atom. The Labute approximate surface area is 162 Å². The van der Waals surface area contributed by atoms with Crippen LogP contribution in [0.3, 0.4) is 0 Å². The van der Waals surface area contributed by atoms with Gasteiger partial charge in [0.1, 0.15) is 0 Å². The Morgan fingerprint density at radius 2 is 1.67 bits per heavy atom. The van der Waals surface area contributed by atoms with Crippen LogP contribution in [0.15, 0.2) is 18.2 Å². The number of esters is 1. The molecule has 0 fully saturated rings. The third kappa shape index (κ3) is 8.33. The summed E-state index contributed by atoms with van der Waals surface area (Å²) in [7, 11) is 4.56. The van der Waals surface area contributed by atoms with Crippen molar-refractivity contribution in [2.24, 2.45) is 0 Å². The normalized spacial score (nSPS) is 10.4. The van der Waals surface area contributed by atoms with Crippen molar-refractivity contribution in [2.75, 3.05) is 34.4 Å². The summed E-state index contributed by atoms with van der Waals surface area (Å²) in [4.78, 5) is 25.9. The molecule has 1 aromatic rings. The number of ether oxygens (including phenoxy) is 3. The standard InChI is InChI=1S/C21H33NO5/c1-5-6-7-8-14-22(15-13-21(24)27-4)20(23)12-10-17-9-11-18(25-2)19(16-17)26-3/h9,11,16H,5-8,10,12-15H2,1-4H3. The van der Waals surface area contributed by atoms with E-state index in [4.69, 9.17) is 14.2 Å². The van der Waals surface area contributed by atoms with Gasteiger partial charge < -0.3 is 19.1 Å². The van der Waals surface area contributed by atoms with Gasteiger partial charge in [-0.2, -0.15) is 0 Å². The molecule has 0 bridgehead atoms. The van der Waals surface area contributed by atoms with Crippen molar-refractivity contribution < 1.29 is 23.8 Å². The van der Waals surface area contributed by atoms with Crippen LogP contribution in [0, 0.1) is 0 Å². The number of amides is 1. The minimum atomic E-state index is -0.291. The molecule has 0 saturated carbocycles. The zero-order valence-electron chi connectivity index (χ0n) is 17.1. The summed E-state index contributed by atoms with van der Waals surface area (Å²) in [6.07, 6.45) is 5.59. The highest BCUT2D eigenvalue weighted by Gasteiger charge is 2.15. The number of nitrogens with zero attached hydrogens (tertiary/aromatic N) is 1. The van der Waals surface area contributed by atoms with Crippen LogP contribution in [0.1, 0.15) is 51.0 Å². The second-order valence-corrected chi connectivity index (χ2v) is 6.46. The molecule has 1 amide bonds. The molecule has 0 heterocycles. The Balaban J connectivity index is 2.63. The molecule has 0 aliphatic rings. The average molecular weight is 379 g/mol. The number of aryl methyl sites for hydroxylation is 1. The van der Waals surface area contributed by atoms with Crippen LogP contribution in [-0.2, 0) is 20.7 Å². The molecule has 1 aromatic carbocycles. The van der Waals surface area contributed by atoms with Crippen molar-refractivity contribution in [3.05, 3.63) is 23.8 Å². The lowest BCUT2D eigenvalue weighted by atomic mass is 10.1.